The zero-order valence-electron chi connectivity index (χ0n) is 9.94. The first-order valence-corrected chi connectivity index (χ1v) is 5.96. The maximum absolute atomic E-state index is 11.9. The number of nitrogens with one attached hydrogen (secondary N) is 2. The lowest BCUT2D eigenvalue weighted by atomic mass is 10.0. The summed E-state index contributed by atoms with van der Waals surface area (Å²) in [7, 11) is 0. The summed E-state index contributed by atoms with van der Waals surface area (Å²) in [6, 6.07) is 6.94. The first kappa shape index (κ1) is 11.9. The fourth-order valence-electron chi connectivity index (χ4n) is 2.14. The van der Waals surface area contributed by atoms with Gasteiger partial charge in [0.2, 0.25) is 5.91 Å². The number of carbonyl (C=O) groups excluding carboxylic acids is 1. The van der Waals surface area contributed by atoms with Gasteiger partial charge in [-0.3, -0.25) is 4.79 Å². The van der Waals surface area contributed by atoms with Gasteiger partial charge in [0.15, 0.2) is 0 Å². The van der Waals surface area contributed by atoms with Crippen LogP contribution < -0.4 is 10.6 Å². The van der Waals surface area contributed by atoms with Crippen LogP contribution in [-0.4, -0.2) is 23.6 Å². The third-order valence-corrected chi connectivity index (χ3v) is 3.26. The van der Waals surface area contributed by atoms with Gasteiger partial charge in [-0.1, -0.05) is 25.1 Å². The summed E-state index contributed by atoms with van der Waals surface area (Å²) in [5.74, 6) is 0.609. The number of aromatic hydroxyl groups is 1. The molecule has 4 nitrogen and oxygen atoms in total. The van der Waals surface area contributed by atoms with E-state index in [0.717, 1.165) is 18.5 Å². The van der Waals surface area contributed by atoms with E-state index in [2.05, 4.69) is 17.6 Å². The fourth-order valence-corrected chi connectivity index (χ4v) is 2.14. The molecule has 1 heterocycles. The summed E-state index contributed by atoms with van der Waals surface area (Å²) < 4.78 is 0. The average Bonchev–Trinajstić information content (AvgIpc) is 2.74. The van der Waals surface area contributed by atoms with Crippen LogP contribution in [0.2, 0.25) is 0 Å². The second-order valence-electron chi connectivity index (χ2n) is 4.54. The highest BCUT2D eigenvalue weighted by Crippen LogP contribution is 2.17. The summed E-state index contributed by atoms with van der Waals surface area (Å²) >= 11 is 0. The number of hydrogen-bond acceptors (Lipinski definition) is 3. The van der Waals surface area contributed by atoms with Gasteiger partial charge < -0.3 is 15.7 Å². The number of para-hydroxylation sites is 1. The summed E-state index contributed by atoms with van der Waals surface area (Å²) in [4.78, 5) is 11.9. The number of amides is 1. The Hall–Kier alpha value is -1.55. The first-order chi connectivity index (χ1) is 8.18. The van der Waals surface area contributed by atoms with Gasteiger partial charge in [0.05, 0.1) is 6.04 Å². The largest absolute Gasteiger partial charge is 0.508 e. The molecule has 1 aromatic carbocycles. The van der Waals surface area contributed by atoms with Gasteiger partial charge in [-0.25, -0.2) is 0 Å². The molecule has 0 bridgehead atoms. The third kappa shape index (κ3) is 2.77. The monoisotopic (exact) mass is 234 g/mol. The minimum atomic E-state index is -0.0964. The summed E-state index contributed by atoms with van der Waals surface area (Å²) in [5, 5.41) is 15.6. The molecule has 2 atom stereocenters. The van der Waals surface area contributed by atoms with Gasteiger partial charge in [-0.05, 0) is 24.9 Å². The zero-order chi connectivity index (χ0) is 12.3. The van der Waals surface area contributed by atoms with E-state index < -0.39 is 0 Å². The van der Waals surface area contributed by atoms with E-state index in [1.54, 1.807) is 18.2 Å². The summed E-state index contributed by atoms with van der Waals surface area (Å²) in [6.07, 6.45) is 1.04. The Balaban J connectivity index is 1.90. The number of phenolic OH excluding ortho intramolecular Hbond substituents is 1. The van der Waals surface area contributed by atoms with E-state index in [9.17, 15) is 9.90 Å². The standard InChI is InChI=1S/C13H18N2O2/c1-9-6-7-14-12(9)13(17)15-8-10-4-2-3-5-11(10)16/h2-5,9,12,14,16H,6-8H2,1H3,(H,15,17). The van der Waals surface area contributed by atoms with Crippen molar-refractivity contribution in [1.29, 1.82) is 0 Å². The molecule has 3 N–H and O–H groups in total. The number of hydrogen-bond donors (Lipinski definition) is 3. The van der Waals surface area contributed by atoms with Crippen molar-refractivity contribution < 1.29 is 9.90 Å². The molecule has 1 aromatic rings. The predicted octanol–water partition coefficient (Wildman–Crippen LogP) is 1.01. The van der Waals surface area contributed by atoms with Gasteiger partial charge in [0.25, 0.3) is 0 Å². The Bertz CT molecular complexity index is 406. The van der Waals surface area contributed by atoms with Crippen LogP contribution >= 0.6 is 0 Å². The van der Waals surface area contributed by atoms with Crippen LogP contribution in [0.25, 0.3) is 0 Å². The lowest BCUT2D eigenvalue weighted by Crippen LogP contribution is -2.42. The molecule has 1 saturated heterocycles. The number of carbonyl (C=O) groups is 1. The normalized spacial score (nSPS) is 23.6. The lowest BCUT2D eigenvalue weighted by molar-refractivity contribution is -0.123. The van der Waals surface area contributed by atoms with Gasteiger partial charge in [-0.15, -0.1) is 0 Å². The van der Waals surface area contributed by atoms with Crippen molar-refractivity contribution >= 4 is 5.91 Å². The number of rotatable bonds is 3. The van der Waals surface area contributed by atoms with Crippen LogP contribution in [0.1, 0.15) is 18.9 Å². The smallest absolute Gasteiger partial charge is 0.237 e. The first-order valence-electron chi connectivity index (χ1n) is 5.96. The van der Waals surface area contributed by atoms with E-state index in [-0.39, 0.29) is 17.7 Å². The minimum absolute atomic E-state index is 0.0123. The van der Waals surface area contributed by atoms with E-state index in [1.165, 1.54) is 0 Å². The van der Waals surface area contributed by atoms with Crippen molar-refractivity contribution in [2.75, 3.05) is 6.54 Å². The van der Waals surface area contributed by atoms with E-state index in [0.29, 0.717) is 12.5 Å². The Morgan fingerprint density at radius 1 is 1.53 bits per heavy atom. The molecule has 0 radical (unpaired) electrons. The molecular formula is C13H18N2O2. The van der Waals surface area contributed by atoms with Gasteiger partial charge in [0.1, 0.15) is 5.75 Å². The third-order valence-electron chi connectivity index (χ3n) is 3.26. The van der Waals surface area contributed by atoms with Crippen molar-refractivity contribution in [3.05, 3.63) is 29.8 Å². The Morgan fingerprint density at radius 2 is 2.29 bits per heavy atom. The Morgan fingerprint density at radius 3 is 2.94 bits per heavy atom. The molecule has 0 saturated carbocycles. The maximum Gasteiger partial charge on any atom is 0.237 e. The maximum atomic E-state index is 11.9. The molecule has 0 aliphatic carbocycles. The predicted molar refractivity (Wildman–Crippen MR) is 65.5 cm³/mol. The molecule has 92 valence electrons. The van der Waals surface area contributed by atoms with Crippen molar-refractivity contribution in [2.24, 2.45) is 5.92 Å². The molecule has 1 amide bonds. The molecule has 0 aromatic heterocycles. The summed E-state index contributed by atoms with van der Waals surface area (Å²) in [5.41, 5.74) is 0.742. The van der Waals surface area contributed by atoms with Crippen LogP contribution in [-0.2, 0) is 11.3 Å². The fraction of sp³-hybridized carbons (Fsp3) is 0.462. The van der Waals surface area contributed by atoms with Crippen LogP contribution in [0, 0.1) is 5.92 Å². The van der Waals surface area contributed by atoms with Gasteiger partial charge in [-0.2, -0.15) is 0 Å². The summed E-state index contributed by atoms with van der Waals surface area (Å²) in [6.45, 7) is 3.34. The molecular weight excluding hydrogens is 216 g/mol. The molecule has 2 unspecified atom stereocenters. The molecule has 4 heteroatoms. The van der Waals surface area contributed by atoms with Crippen molar-refractivity contribution in [3.63, 3.8) is 0 Å². The highest BCUT2D eigenvalue weighted by atomic mass is 16.3. The Labute approximate surface area is 101 Å². The minimum Gasteiger partial charge on any atom is -0.508 e. The molecule has 1 aliphatic rings. The average molecular weight is 234 g/mol. The van der Waals surface area contributed by atoms with E-state index >= 15 is 0 Å². The van der Waals surface area contributed by atoms with Crippen molar-refractivity contribution in [3.8, 4) is 5.75 Å². The van der Waals surface area contributed by atoms with E-state index in [1.807, 2.05) is 6.07 Å². The van der Waals surface area contributed by atoms with Crippen molar-refractivity contribution in [2.45, 2.75) is 25.9 Å². The highest BCUT2D eigenvalue weighted by Gasteiger charge is 2.28. The van der Waals surface area contributed by atoms with E-state index in [4.69, 9.17) is 0 Å². The van der Waals surface area contributed by atoms with Crippen LogP contribution in [0.4, 0.5) is 0 Å². The molecule has 1 fully saturated rings. The second kappa shape index (κ2) is 5.19. The van der Waals surface area contributed by atoms with Crippen molar-refractivity contribution in [1.82, 2.24) is 10.6 Å². The van der Waals surface area contributed by atoms with Crippen LogP contribution in [0.3, 0.4) is 0 Å². The lowest BCUT2D eigenvalue weighted by Gasteiger charge is -2.15. The molecule has 17 heavy (non-hydrogen) atoms. The van der Waals surface area contributed by atoms with Gasteiger partial charge in [0, 0.05) is 12.1 Å². The Kier molecular flexibility index (Phi) is 3.64. The van der Waals surface area contributed by atoms with Crippen LogP contribution in [0.5, 0.6) is 5.75 Å². The zero-order valence-corrected chi connectivity index (χ0v) is 9.94. The molecule has 2 rings (SSSR count). The highest BCUT2D eigenvalue weighted by molar-refractivity contribution is 5.82. The number of phenols is 1. The van der Waals surface area contributed by atoms with Crippen LogP contribution in [0.15, 0.2) is 24.3 Å². The number of benzene rings is 1. The SMILES string of the molecule is CC1CCNC1C(=O)NCc1ccccc1O. The topological polar surface area (TPSA) is 61.4 Å². The molecule has 0 spiro atoms. The second-order valence-corrected chi connectivity index (χ2v) is 4.54. The quantitative estimate of drug-likeness (QED) is 0.731. The van der Waals surface area contributed by atoms with Gasteiger partial charge >= 0.3 is 0 Å². The molecule has 1 aliphatic heterocycles.